The maximum atomic E-state index is 11.2. The van der Waals surface area contributed by atoms with E-state index in [1.54, 1.807) is 0 Å². The topological polar surface area (TPSA) is 91.6 Å². The van der Waals surface area contributed by atoms with Crippen LogP contribution in [0.15, 0.2) is 9.52 Å². The molecule has 0 bridgehead atoms. The fraction of sp³-hybridized carbons (Fsp3) is 0.667. The van der Waals surface area contributed by atoms with E-state index in [-0.39, 0.29) is 11.9 Å². The summed E-state index contributed by atoms with van der Waals surface area (Å²) in [6.45, 7) is 8.02. The first-order valence-electron chi connectivity index (χ1n) is 7.83. The van der Waals surface area contributed by atoms with Gasteiger partial charge in [-0.05, 0) is 33.6 Å². The van der Waals surface area contributed by atoms with E-state index < -0.39 is 0 Å². The van der Waals surface area contributed by atoms with Crippen LogP contribution in [0.4, 0.5) is 0 Å². The Morgan fingerprint density at radius 1 is 1.50 bits per heavy atom. The summed E-state index contributed by atoms with van der Waals surface area (Å²) in [6, 6.07) is 0.231. The van der Waals surface area contributed by atoms with Gasteiger partial charge in [0.25, 0.3) is 0 Å². The van der Waals surface area contributed by atoms with Crippen LogP contribution in [0.5, 0.6) is 0 Å². The second-order valence-corrected chi connectivity index (χ2v) is 5.50. The number of hydrogen-bond acceptors (Lipinski definition) is 4. The van der Waals surface area contributed by atoms with Gasteiger partial charge in [-0.25, -0.2) is 0 Å². The number of nitrogens with zero attached hydrogens (tertiary/aromatic N) is 2. The van der Waals surface area contributed by atoms with Gasteiger partial charge in [-0.1, -0.05) is 5.16 Å². The number of piperidine rings is 1. The molecule has 1 aliphatic heterocycles. The summed E-state index contributed by atoms with van der Waals surface area (Å²) in [5.74, 6) is 1.77. The highest BCUT2D eigenvalue weighted by atomic mass is 16.5. The van der Waals surface area contributed by atoms with Gasteiger partial charge in [-0.2, -0.15) is 0 Å². The predicted octanol–water partition coefficient (Wildman–Crippen LogP) is 0.668. The zero-order valence-corrected chi connectivity index (χ0v) is 13.5. The van der Waals surface area contributed by atoms with Crippen LogP contribution in [0.2, 0.25) is 0 Å². The Morgan fingerprint density at radius 2 is 2.32 bits per heavy atom. The van der Waals surface area contributed by atoms with Crippen molar-refractivity contribution in [1.82, 2.24) is 21.1 Å². The molecule has 1 atom stereocenters. The summed E-state index contributed by atoms with van der Waals surface area (Å²) in [4.78, 5) is 15.8. The summed E-state index contributed by atoms with van der Waals surface area (Å²) in [7, 11) is 0. The molecule has 1 saturated heterocycles. The van der Waals surface area contributed by atoms with Crippen LogP contribution in [-0.2, 0) is 11.2 Å². The molecule has 22 heavy (non-hydrogen) atoms. The first-order chi connectivity index (χ1) is 10.6. The number of rotatable bonds is 5. The van der Waals surface area contributed by atoms with E-state index in [2.05, 4.69) is 26.1 Å². The number of amides is 1. The molecule has 2 heterocycles. The van der Waals surface area contributed by atoms with Crippen LogP contribution in [0.1, 0.15) is 36.8 Å². The lowest BCUT2D eigenvalue weighted by Gasteiger charge is -2.25. The van der Waals surface area contributed by atoms with Crippen molar-refractivity contribution in [2.24, 2.45) is 4.99 Å². The van der Waals surface area contributed by atoms with E-state index in [4.69, 9.17) is 4.52 Å². The third-order valence-corrected chi connectivity index (χ3v) is 3.76. The van der Waals surface area contributed by atoms with Crippen molar-refractivity contribution in [3.8, 4) is 0 Å². The van der Waals surface area contributed by atoms with Crippen LogP contribution in [-0.4, -0.2) is 42.7 Å². The Bertz CT molecular complexity index is 509. The van der Waals surface area contributed by atoms with Gasteiger partial charge in [0.2, 0.25) is 5.91 Å². The minimum absolute atomic E-state index is 0.124. The minimum atomic E-state index is 0.124. The first kappa shape index (κ1) is 16.3. The molecule has 7 heteroatoms. The fourth-order valence-corrected chi connectivity index (χ4v) is 2.51. The number of hydrogen-bond donors (Lipinski definition) is 3. The van der Waals surface area contributed by atoms with Gasteiger partial charge in [-0.15, -0.1) is 0 Å². The molecule has 1 aliphatic rings. The van der Waals surface area contributed by atoms with Crippen molar-refractivity contribution < 1.29 is 9.32 Å². The Labute approximate surface area is 130 Å². The maximum absolute atomic E-state index is 11.2. The molecule has 0 aliphatic carbocycles. The van der Waals surface area contributed by atoms with E-state index in [0.29, 0.717) is 19.5 Å². The average molecular weight is 307 g/mol. The van der Waals surface area contributed by atoms with Crippen LogP contribution in [0.25, 0.3) is 0 Å². The normalized spacial score (nSPS) is 19.0. The van der Waals surface area contributed by atoms with Crippen molar-refractivity contribution in [2.45, 2.75) is 46.1 Å². The second-order valence-electron chi connectivity index (χ2n) is 5.50. The minimum Gasteiger partial charge on any atom is -0.361 e. The van der Waals surface area contributed by atoms with Crippen LogP contribution in [0.3, 0.4) is 0 Å². The standard InChI is InChI=1S/C15H25N5O2/c1-4-16-15(19-12-5-6-14(21)18-9-12)17-8-7-13-10(2)20-22-11(13)3/h12H,4-9H2,1-3H3,(H,18,21)(H2,16,17,19). The van der Waals surface area contributed by atoms with Gasteiger partial charge >= 0.3 is 0 Å². The third-order valence-electron chi connectivity index (χ3n) is 3.76. The number of nitrogens with one attached hydrogen (secondary N) is 3. The van der Waals surface area contributed by atoms with Crippen LogP contribution < -0.4 is 16.0 Å². The zero-order valence-electron chi connectivity index (χ0n) is 13.5. The monoisotopic (exact) mass is 307 g/mol. The molecule has 0 spiro atoms. The van der Waals surface area contributed by atoms with Crippen molar-refractivity contribution in [2.75, 3.05) is 19.6 Å². The van der Waals surface area contributed by atoms with Crippen molar-refractivity contribution >= 4 is 11.9 Å². The molecule has 7 nitrogen and oxygen atoms in total. The van der Waals surface area contributed by atoms with Crippen molar-refractivity contribution in [1.29, 1.82) is 0 Å². The SMILES string of the molecule is CCNC(=NCCc1c(C)noc1C)NC1CCC(=O)NC1. The van der Waals surface area contributed by atoms with Crippen LogP contribution in [0, 0.1) is 13.8 Å². The number of aryl methyl sites for hydroxylation is 2. The maximum Gasteiger partial charge on any atom is 0.220 e. The molecular formula is C15H25N5O2. The Balaban J connectivity index is 1.88. The number of guanidine groups is 1. The summed E-state index contributed by atoms with van der Waals surface area (Å²) in [6.07, 6.45) is 2.20. The summed E-state index contributed by atoms with van der Waals surface area (Å²) < 4.78 is 5.16. The quantitative estimate of drug-likeness (QED) is 0.549. The van der Waals surface area contributed by atoms with E-state index in [1.807, 2.05) is 20.8 Å². The Kier molecular flexibility index (Phi) is 5.80. The number of aliphatic imine (C=N–C) groups is 1. The highest BCUT2D eigenvalue weighted by Crippen LogP contribution is 2.12. The first-order valence-corrected chi connectivity index (χ1v) is 7.83. The number of carbonyl (C=O) groups excluding carboxylic acids is 1. The number of carbonyl (C=O) groups is 1. The predicted molar refractivity (Wildman–Crippen MR) is 84.8 cm³/mol. The second kappa shape index (κ2) is 7.82. The lowest BCUT2D eigenvalue weighted by Crippen LogP contribution is -2.51. The van der Waals surface area contributed by atoms with Gasteiger partial charge in [-0.3, -0.25) is 9.79 Å². The molecule has 1 unspecified atom stereocenters. The van der Waals surface area contributed by atoms with E-state index in [9.17, 15) is 4.79 Å². The zero-order chi connectivity index (χ0) is 15.9. The van der Waals surface area contributed by atoms with E-state index in [0.717, 1.165) is 42.4 Å². The fourth-order valence-electron chi connectivity index (χ4n) is 2.51. The van der Waals surface area contributed by atoms with Gasteiger partial charge in [0.1, 0.15) is 5.76 Å². The molecule has 2 rings (SSSR count). The molecule has 0 radical (unpaired) electrons. The molecule has 1 amide bonds. The van der Waals surface area contributed by atoms with E-state index in [1.165, 1.54) is 0 Å². The summed E-state index contributed by atoms with van der Waals surface area (Å²) in [5, 5.41) is 13.4. The third kappa shape index (κ3) is 4.47. The van der Waals surface area contributed by atoms with E-state index >= 15 is 0 Å². The van der Waals surface area contributed by atoms with Crippen molar-refractivity contribution in [3.05, 3.63) is 17.0 Å². The molecule has 1 aromatic rings. The largest absolute Gasteiger partial charge is 0.361 e. The average Bonchev–Trinajstić information content (AvgIpc) is 2.81. The van der Waals surface area contributed by atoms with Gasteiger partial charge < -0.3 is 20.5 Å². The highest BCUT2D eigenvalue weighted by Gasteiger charge is 2.18. The summed E-state index contributed by atoms with van der Waals surface area (Å²) in [5.41, 5.74) is 2.06. The number of aromatic nitrogens is 1. The van der Waals surface area contributed by atoms with Gasteiger partial charge in [0.15, 0.2) is 5.96 Å². The molecule has 0 aromatic carbocycles. The molecule has 1 aromatic heterocycles. The lowest BCUT2D eigenvalue weighted by molar-refractivity contribution is -0.122. The summed E-state index contributed by atoms with van der Waals surface area (Å²) >= 11 is 0. The lowest BCUT2D eigenvalue weighted by atomic mass is 10.1. The Morgan fingerprint density at radius 3 is 2.91 bits per heavy atom. The molecule has 1 fully saturated rings. The van der Waals surface area contributed by atoms with Gasteiger partial charge in [0.05, 0.1) is 5.69 Å². The Hall–Kier alpha value is -2.05. The van der Waals surface area contributed by atoms with Crippen molar-refractivity contribution in [3.63, 3.8) is 0 Å². The highest BCUT2D eigenvalue weighted by molar-refractivity contribution is 5.81. The molecular weight excluding hydrogens is 282 g/mol. The smallest absolute Gasteiger partial charge is 0.220 e. The van der Waals surface area contributed by atoms with Crippen LogP contribution >= 0.6 is 0 Å². The molecule has 122 valence electrons. The van der Waals surface area contributed by atoms with Gasteiger partial charge in [0, 0.05) is 37.7 Å². The molecule has 3 N–H and O–H groups in total. The molecule has 0 saturated carbocycles.